The molecule has 1 amide bonds. The number of amides is 1. The predicted octanol–water partition coefficient (Wildman–Crippen LogP) is 0.761. The van der Waals surface area contributed by atoms with E-state index in [0.717, 1.165) is 5.69 Å². The molecule has 0 fully saturated rings. The molecule has 1 unspecified atom stereocenters. The first kappa shape index (κ1) is 12.2. The van der Waals surface area contributed by atoms with Crippen LogP contribution in [0, 0.1) is 5.92 Å². The van der Waals surface area contributed by atoms with Crippen molar-refractivity contribution >= 4 is 11.9 Å². The Balaban J connectivity index is 2.62. The van der Waals surface area contributed by atoms with Crippen molar-refractivity contribution in [2.75, 3.05) is 7.05 Å². The van der Waals surface area contributed by atoms with E-state index in [2.05, 4.69) is 4.98 Å². The van der Waals surface area contributed by atoms with Crippen LogP contribution < -0.4 is 0 Å². The van der Waals surface area contributed by atoms with Gasteiger partial charge in [0, 0.05) is 13.2 Å². The van der Waals surface area contributed by atoms with Gasteiger partial charge in [0.2, 0.25) is 5.91 Å². The average molecular weight is 222 g/mol. The predicted molar refractivity (Wildman–Crippen MR) is 57.5 cm³/mol. The fourth-order valence-corrected chi connectivity index (χ4v) is 1.25. The molecule has 5 nitrogen and oxygen atoms in total. The minimum absolute atomic E-state index is 0.317. The maximum Gasteiger partial charge on any atom is 0.315 e. The first-order chi connectivity index (χ1) is 7.52. The van der Waals surface area contributed by atoms with Gasteiger partial charge in [-0.25, -0.2) is 0 Å². The highest BCUT2D eigenvalue weighted by molar-refractivity contribution is 5.96. The van der Waals surface area contributed by atoms with E-state index in [9.17, 15) is 9.59 Å². The van der Waals surface area contributed by atoms with Crippen LogP contribution in [0.5, 0.6) is 0 Å². The van der Waals surface area contributed by atoms with E-state index in [1.54, 1.807) is 25.4 Å². The number of carboxylic acid groups (broad SMARTS) is 1. The molecule has 0 saturated heterocycles. The highest BCUT2D eigenvalue weighted by Gasteiger charge is 2.23. The van der Waals surface area contributed by atoms with Crippen molar-refractivity contribution in [2.45, 2.75) is 13.5 Å². The molecule has 0 saturated carbocycles. The zero-order valence-electron chi connectivity index (χ0n) is 9.25. The molecule has 0 radical (unpaired) electrons. The molecule has 0 aliphatic rings. The Hall–Kier alpha value is -1.91. The molecule has 1 rings (SSSR count). The number of hydrogen-bond donors (Lipinski definition) is 1. The number of carboxylic acids is 1. The van der Waals surface area contributed by atoms with Gasteiger partial charge in [-0.3, -0.25) is 14.6 Å². The monoisotopic (exact) mass is 222 g/mol. The molecule has 0 spiro atoms. The molecule has 1 atom stereocenters. The number of nitrogens with zero attached hydrogens (tertiary/aromatic N) is 2. The van der Waals surface area contributed by atoms with Crippen LogP contribution in [-0.4, -0.2) is 33.9 Å². The van der Waals surface area contributed by atoms with Crippen LogP contribution >= 0.6 is 0 Å². The molecule has 16 heavy (non-hydrogen) atoms. The van der Waals surface area contributed by atoms with Gasteiger partial charge in [0.1, 0.15) is 5.92 Å². The van der Waals surface area contributed by atoms with E-state index < -0.39 is 17.8 Å². The Kier molecular flexibility index (Phi) is 3.99. The van der Waals surface area contributed by atoms with Gasteiger partial charge < -0.3 is 10.0 Å². The molecule has 0 aromatic carbocycles. The lowest BCUT2D eigenvalue weighted by Crippen LogP contribution is -2.35. The van der Waals surface area contributed by atoms with Gasteiger partial charge in [-0.15, -0.1) is 0 Å². The third-order valence-electron chi connectivity index (χ3n) is 2.24. The van der Waals surface area contributed by atoms with Crippen LogP contribution in [0.25, 0.3) is 0 Å². The minimum atomic E-state index is -1.11. The van der Waals surface area contributed by atoms with Crippen molar-refractivity contribution in [1.29, 1.82) is 0 Å². The van der Waals surface area contributed by atoms with Crippen LogP contribution in [0.4, 0.5) is 0 Å². The minimum Gasteiger partial charge on any atom is -0.481 e. The lowest BCUT2D eigenvalue weighted by Gasteiger charge is -2.18. The molecule has 0 aliphatic heterocycles. The molecule has 1 aromatic rings. The van der Waals surface area contributed by atoms with Crippen LogP contribution in [0.3, 0.4) is 0 Å². The molecule has 0 bridgehead atoms. The maximum absolute atomic E-state index is 11.6. The first-order valence-electron chi connectivity index (χ1n) is 4.90. The molecule has 1 N–H and O–H groups in total. The Morgan fingerprint density at radius 3 is 2.69 bits per heavy atom. The zero-order valence-corrected chi connectivity index (χ0v) is 9.25. The number of carbonyl (C=O) groups excluding carboxylic acids is 1. The van der Waals surface area contributed by atoms with Crippen LogP contribution in [-0.2, 0) is 16.1 Å². The van der Waals surface area contributed by atoms with E-state index in [1.807, 2.05) is 6.07 Å². The van der Waals surface area contributed by atoms with E-state index in [-0.39, 0.29) is 0 Å². The number of pyridine rings is 1. The summed E-state index contributed by atoms with van der Waals surface area (Å²) >= 11 is 0. The van der Waals surface area contributed by atoms with Gasteiger partial charge in [0.25, 0.3) is 0 Å². The second kappa shape index (κ2) is 5.25. The van der Waals surface area contributed by atoms with Crippen molar-refractivity contribution in [3.05, 3.63) is 30.1 Å². The summed E-state index contributed by atoms with van der Waals surface area (Å²) in [6.07, 6.45) is 1.63. The lowest BCUT2D eigenvalue weighted by atomic mass is 10.1. The first-order valence-corrected chi connectivity index (χ1v) is 4.90. The van der Waals surface area contributed by atoms with E-state index in [4.69, 9.17) is 5.11 Å². The summed E-state index contributed by atoms with van der Waals surface area (Å²) in [5.74, 6) is -2.55. The highest BCUT2D eigenvalue weighted by Crippen LogP contribution is 2.05. The Bertz CT molecular complexity index is 378. The van der Waals surface area contributed by atoms with Gasteiger partial charge in [-0.1, -0.05) is 6.07 Å². The maximum atomic E-state index is 11.6. The molecule has 0 aliphatic carbocycles. The van der Waals surface area contributed by atoms with Gasteiger partial charge in [-0.05, 0) is 19.1 Å². The van der Waals surface area contributed by atoms with Crippen molar-refractivity contribution < 1.29 is 14.7 Å². The number of aromatic nitrogens is 1. The number of aliphatic carboxylic acids is 1. The number of hydrogen-bond acceptors (Lipinski definition) is 3. The standard InChI is InChI=1S/C11H14N2O3/c1-8(11(15)16)10(14)13(2)7-9-5-3-4-6-12-9/h3-6,8H,7H2,1-2H3,(H,15,16). The van der Waals surface area contributed by atoms with Crippen LogP contribution in [0.15, 0.2) is 24.4 Å². The summed E-state index contributed by atoms with van der Waals surface area (Å²) in [7, 11) is 1.57. The summed E-state index contributed by atoms with van der Waals surface area (Å²) in [5, 5.41) is 8.70. The molecule has 5 heteroatoms. The van der Waals surface area contributed by atoms with Crippen LogP contribution in [0.1, 0.15) is 12.6 Å². The third kappa shape index (κ3) is 3.05. The average Bonchev–Trinajstić information content (AvgIpc) is 2.28. The normalized spacial score (nSPS) is 11.9. The Morgan fingerprint density at radius 2 is 2.19 bits per heavy atom. The summed E-state index contributed by atoms with van der Waals surface area (Å²) in [6.45, 7) is 1.69. The SMILES string of the molecule is CC(C(=O)O)C(=O)N(C)Cc1ccccn1. The molecule has 1 aromatic heterocycles. The topological polar surface area (TPSA) is 70.5 Å². The largest absolute Gasteiger partial charge is 0.481 e. The zero-order chi connectivity index (χ0) is 12.1. The fraction of sp³-hybridized carbons (Fsp3) is 0.364. The number of carbonyl (C=O) groups is 2. The van der Waals surface area contributed by atoms with Crippen LogP contribution in [0.2, 0.25) is 0 Å². The Morgan fingerprint density at radius 1 is 1.50 bits per heavy atom. The van der Waals surface area contributed by atoms with Gasteiger partial charge >= 0.3 is 5.97 Å². The van der Waals surface area contributed by atoms with E-state index in [0.29, 0.717) is 6.54 Å². The van der Waals surface area contributed by atoms with Gasteiger partial charge in [-0.2, -0.15) is 0 Å². The highest BCUT2D eigenvalue weighted by atomic mass is 16.4. The third-order valence-corrected chi connectivity index (χ3v) is 2.24. The summed E-state index contributed by atoms with van der Waals surface area (Å²) in [6, 6.07) is 5.39. The summed E-state index contributed by atoms with van der Waals surface area (Å²) in [4.78, 5) is 27.7. The summed E-state index contributed by atoms with van der Waals surface area (Å²) < 4.78 is 0. The molecule has 1 heterocycles. The molecular formula is C11H14N2O3. The van der Waals surface area contributed by atoms with E-state index >= 15 is 0 Å². The van der Waals surface area contributed by atoms with Gasteiger partial charge in [0.15, 0.2) is 0 Å². The van der Waals surface area contributed by atoms with E-state index in [1.165, 1.54) is 11.8 Å². The number of rotatable bonds is 4. The smallest absolute Gasteiger partial charge is 0.315 e. The Labute approximate surface area is 93.7 Å². The van der Waals surface area contributed by atoms with Crippen molar-refractivity contribution in [3.8, 4) is 0 Å². The molecule has 86 valence electrons. The second-order valence-electron chi connectivity index (χ2n) is 3.58. The second-order valence-corrected chi connectivity index (χ2v) is 3.58. The lowest BCUT2D eigenvalue weighted by molar-refractivity contribution is -0.149. The quantitative estimate of drug-likeness (QED) is 0.763. The van der Waals surface area contributed by atoms with Crippen molar-refractivity contribution in [2.24, 2.45) is 5.92 Å². The van der Waals surface area contributed by atoms with Crippen molar-refractivity contribution in [3.63, 3.8) is 0 Å². The fourth-order valence-electron chi connectivity index (χ4n) is 1.25. The van der Waals surface area contributed by atoms with Crippen molar-refractivity contribution in [1.82, 2.24) is 9.88 Å². The molecular weight excluding hydrogens is 208 g/mol. The summed E-state index contributed by atoms with van der Waals surface area (Å²) in [5.41, 5.74) is 0.732. The van der Waals surface area contributed by atoms with Gasteiger partial charge in [0.05, 0.1) is 12.2 Å².